The molecular formula is C8H8ClNO. The van der Waals surface area contributed by atoms with Gasteiger partial charge >= 0.3 is 0 Å². The Morgan fingerprint density at radius 1 is 1.45 bits per heavy atom. The van der Waals surface area contributed by atoms with Gasteiger partial charge in [-0.2, -0.15) is 0 Å². The van der Waals surface area contributed by atoms with Gasteiger partial charge in [-0.3, -0.25) is 0 Å². The van der Waals surface area contributed by atoms with Crippen LogP contribution >= 0.6 is 11.6 Å². The number of ether oxygens (including phenoxy) is 1. The third kappa shape index (κ3) is 1.37. The van der Waals surface area contributed by atoms with E-state index in [1.807, 2.05) is 12.1 Å². The molecule has 0 amide bonds. The Bertz CT molecular complexity index is 275. The molecule has 0 saturated heterocycles. The molecule has 0 saturated carbocycles. The van der Waals surface area contributed by atoms with Gasteiger partial charge in [-0.25, -0.2) is 4.98 Å². The number of fused-ring (bicyclic) bond motifs is 1. The van der Waals surface area contributed by atoms with E-state index in [4.69, 9.17) is 16.3 Å². The Morgan fingerprint density at radius 2 is 2.36 bits per heavy atom. The summed E-state index contributed by atoms with van der Waals surface area (Å²) in [7, 11) is 0. The van der Waals surface area contributed by atoms with Gasteiger partial charge in [0.15, 0.2) is 0 Å². The molecule has 1 aliphatic heterocycles. The van der Waals surface area contributed by atoms with Crippen LogP contribution in [0.15, 0.2) is 12.1 Å². The smallest absolute Gasteiger partial charge is 0.129 e. The van der Waals surface area contributed by atoms with Crippen molar-refractivity contribution in [3.05, 3.63) is 28.5 Å². The van der Waals surface area contributed by atoms with Crippen molar-refractivity contribution in [1.82, 2.24) is 4.98 Å². The molecule has 2 rings (SSSR count). The van der Waals surface area contributed by atoms with E-state index in [0.717, 1.165) is 18.7 Å². The second-order valence-corrected chi connectivity index (χ2v) is 2.93. The fourth-order valence-corrected chi connectivity index (χ4v) is 1.37. The van der Waals surface area contributed by atoms with Crippen molar-refractivity contribution >= 4 is 11.6 Å². The van der Waals surface area contributed by atoms with Gasteiger partial charge in [-0.15, -0.1) is 0 Å². The maximum Gasteiger partial charge on any atom is 0.129 e. The fourth-order valence-electron chi connectivity index (χ4n) is 1.21. The van der Waals surface area contributed by atoms with Crippen molar-refractivity contribution in [3.8, 4) is 0 Å². The van der Waals surface area contributed by atoms with Gasteiger partial charge in [-0.05, 0) is 18.1 Å². The summed E-state index contributed by atoms with van der Waals surface area (Å²) in [6, 6.07) is 3.85. The Balaban J connectivity index is 2.43. The van der Waals surface area contributed by atoms with E-state index < -0.39 is 0 Å². The van der Waals surface area contributed by atoms with Crippen molar-refractivity contribution in [3.63, 3.8) is 0 Å². The third-order valence-electron chi connectivity index (χ3n) is 1.79. The second-order valence-electron chi connectivity index (χ2n) is 2.54. The lowest BCUT2D eigenvalue weighted by atomic mass is 10.1. The standard InChI is InChI=1S/C8H8ClNO/c9-8-2-1-6-3-4-11-5-7(6)10-8/h1-2H,3-5H2. The molecule has 0 aromatic carbocycles. The minimum atomic E-state index is 0.550. The normalized spacial score (nSPS) is 16.1. The van der Waals surface area contributed by atoms with Gasteiger partial charge < -0.3 is 4.74 Å². The van der Waals surface area contributed by atoms with Crippen LogP contribution in [0.5, 0.6) is 0 Å². The molecule has 0 spiro atoms. The molecule has 0 radical (unpaired) electrons. The van der Waals surface area contributed by atoms with Crippen LogP contribution in [0.3, 0.4) is 0 Å². The predicted octanol–water partition coefficient (Wildman–Crippen LogP) is 1.81. The van der Waals surface area contributed by atoms with E-state index in [0.29, 0.717) is 11.8 Å². The molecule has 0 bridgehead atoms. The zero-order valence-electron chi connectivity index (χ0n) is 6.01. The first-order valence-electron chi connectivity index (χ1n) is 3.58. The van der Waals surface area contributed by atoms with Crippen molar-refractivity contribution in [2.24, 2.45) is 0 Å². The monoisotopic (exact) mass is 169 g/mol. The zero-order chi connectivity index (χ0) is 7.68. The molecule has 3 heteroatoms. The summed E-state index contributed by atoms with van der Waals surface area (Å²) < 4.78 is 5.23. The highest BCUT2D eigenvalue weighted by molar-refractivity contribution is 6.29. The van der Waals surface area contributed by atoms with Crippen molar-refractivity contribution in [1.29, 1.82) is 0 Å². The minimum absolute atomic E-state index is 0.550. The Labute approximate surface area is 70.2 Å². The predicted molar refractivity (Wildman–Crippen MR) is 42.6 cm³/mol. The molecule has 1 aromatic heterocycles. The van der Waals surface area contributed by atoms with Crippen molar-refractivity contribution < 1.29 is 4.74 Å². The lowest BCUT2D eigenvalue weighted by Gasteiger charge is -2.14. The van der Waals surface area contributed by atoms with Gasteiger partial charge in [0.1, 0.15) is 5.15 Å². The molecule has 1 aliphatic rings. The Hall–Kier alpha value is -0.600. The summed E-state index contributed by atoms with van der Waals surface area (Å²) in [6.45, 7) is 1.41. The van der Waals surface area contributed by atoms with Crippen LogP contribution in [-0.4, -0.2) is 11.6 Å². The molecule has 0 N–H and O–H groups in total. The second kappa shape index (κ2) is 2.80. The molecular weight excluding hydrogens is 162 g/mol. The molecule has 2 nitrogen and oxygen atoms in total. The number of halogens is 1. The van der Waals surface area contributed by atoms with E-state index in [2.05, 4.69) is 4.98 Å². The van der Waals surface area contributed by atoms with Crippen molar-refractivity contribution in [2.45, 2.75) is 13.0 Å². The van der Waals surface area contributed by atoms with Crippen LogP contribution in [0.1, 0.15) is 11.3 Å². The summed E-state index contributed by atoms with van der Waals surface area (Å²) >= 11 is 5.71. The van der Waals surface area contributed by atoms with E-state index in [-0.39, 0.29) is 0 Å². The molecule has 1 aromatic rings. The summed E-state index contributed by atoms with van der Waals surface area (Å²) in [4.78, 5) is 4.15. The van der Waals surface area contributed by atoms with Crippen LogP contribution in [0, 0.1) is 0 Å². The minimum Gasteiger partial charge on any atom is -0.375 e. The lowest BCUT2D eigenvalue weighted by molar-refractivity contribution is 0.107. The molecule has 58 valence electrons. The van der Waals surface area contributed by atoms with E-state index >= 15 is 0 Å². The van der Waals surface area contributed by atoms with E-state index in [1.54, 1.807) is 0 Å². The van der Waals surface area contributed by atoms with E-state index in [1.165, 1.54) is 5.56 Å². The van der Waals surface area contributed by atoms with Crippen molar-refractivity contribution in [2.75, 3.05) is 6.61 Å². The van der Waals surface area contributed by atoms with Gasteiger partial charge in [0, 0.05) is 0 Å². The average Bonchev–Trinajstić information content (AvgIpc) is 2.04. The summed E-state index contributed by atoms with van der Waals surface area (Å²) in [5.74, 6) is 0. The van der Waals surface area contributed by atoms with Gasteiger partial charge in [-0.1, -0.05) is 17.7 Å². The van der Waals surface area contributed by atoms with Gasteiger partial charge in [0.25, 0.3) is 0 Å². The molecule has 11 heavy (non-hydrogen) atoms. The topological polar surface area (TPSA) is 22.1 Å². The fraction of sp³-hybridized carbons (Fsp3) is 0.375. The number of hydrogen-bond acceptors (Lipinski definition) is 2. The Kier molecular flexibility index (Phi) is 1.80. The first-order valence-corrected chi connectivity index (χ1v) is 3.96. The number of nitrogens with zero attached hydrogens (tertiary/aromatic N) is 1. The first-order chi connectivity index (χ1) is 5.36. The highest BCUT2D eigenvalue weighted by atomic mass is 35.5. The number of pyridine rings is 1. The van der Waals surface area contributed by atoms with E-state index in [9.17, 15) is 0 Å². The highest BCUT2D eigenvalue weighted by Gasteiger charge is 2.09. The molecule has 0 fully saturated rings. The van der Waals surface area contributed by atoms with Crippen LogP contribution in [0.25, 0.3) is 0 Å². The first kappa shape index (κ1) is 7.07. The van der Waals surface area contributed by atoms with Crippen LogP contribution in [-0.2, 0) is 17.8 Å². The molecule has 0 atom stereocenters. The SMILES string of the molecule is Clc1ccc2c(n1)COCC2. The van der Waals surface area contributed by atoms with Gasteiger partial charge in [0.2, 0.25) is 0 Å². The summed E-state index contributed by atoms with van der Waals surface area (Å²) in [5, 5.41) is 0.550. The highest BCUT2D eigenvalue weighted by Crippen LogP contribution is 2.16. The number of hydrogen-bond donors (Lipinski definition) is 0. The molecule has 0 unspecified atom stereocenters. The summed E-state index contributed by atoms with van der Waals surface area (Å²) in [6.07, 6.45) is 0.958. The number of aromatic nitrogens is 1. The Morgan fingerprint density at radius 3 is 3.27 bits per heavy atom. The van der Waals surface area contributed by atoms with Crippen LogP contribution in [0.4, 0.5) is 0 Å². The molecule has 0 aliphatic carbocycles. The van der Waals surface area contributed by atoms with Gasteiger partial charge in [0.05, 0.1) is 18.9 Å². The number of rotatable bonds is 0. The maximum atomic E-state index is 5.71. The van der Waals surface area contributed by atoms with Crippen LogP contribution < -0.4 is 0 Å². The maximum absolute atomic E-state index is 5.71. The average molecular weight is 170 g/mol. The summed E-state index contributed by atoms with van der Waals surface area (Å²) in [5.41, 5.74) is 2.25. The van der Waals surface area contributed by atoms with Crippen LogP contribution in [0.2, 0.25) is 5.15 Å². The quantitative estimate of drug-likeness (QED) is 0.553. The largest absolute Gasteiger partial charge is 0.375 e. The molecule has 2 heterocycles. The third-order valence-corrected chi connectivity index (χ3v) is 2.00. The zero-order valence-corrected chi connectivity index (χ0v) is 6.77. The lowest BCUT2D eigenvalue weighted by Crippen LogP contribution is -2.11.